The fraction of sp³-hybridized carbons (Fsp3) is 0.647. The molecule has 0 heterocycles. The molecule has 0 spiro atoms. The smallest absolute Gasteiger partial charge is 0.326 e. The monoisotopic (exact) mass is 478 g/mol. The number of carboxylic acids is 1. The zero-order valence-electron chi connectivity index (χ0n) is 17.5. The molecule has 0 fully saturated rings. The van der Waals surface area contributed by atoms with E-state index in [1.54, 1.807) is 6.26 Å². The van der Waals surface area contributed by atoms with Crippen LogP contribution in [0.5, 0.6) is 0 Å². The van der Waals surface area contributed by atoms with Crippen LogP contribution in [0.4, 0.5) is 0 Å². The topological polar surface area (TPSA) is 257 Å². The molecule has 0 aromatic carbocycles. The molecule has 0 bridgehead atoms. The van der Waals surface area contributed by atoms with Gasteiger partial charge < -0.3 is 43.4 Å². The Morgan fingerprint density at radius 1 is 0.844 bits per heavy atom. The lowest BCUT2D eigenvalue weighted by Gasteiger charge is -2.24. The van der Waals surface area contributed by atoms with Crippen molar-refractivity contribution in [2.75, 3.05) is 18.6 Å². The van der Waals surface area contributed by atoms with Crippen LogP contribution in [-0.4, -0.2) is 88.5 Å². The number of rotatable bonds is 16. The maximum Gasteiger partial charge on any atom is 0.326 e. The fourth-order valence-corrected chi connectivity index (χ4v) is 2.85. The van der Waals surface area contributed by atoms with Crippen LogP contribution < -0.4 is 33.2 Å². The van der Waals surface area contributed by atoms with Crippen molar-refractivity contribution in [1.29, 1.82) is 0 Å². The van der Waals surface area contributed by atoms with Crippen molar-refractivity contribution in [2.45, 2.75) is 49.9 Å². The number of aliphatic hydroxyl groups excluding tert-OH is 1. The molecule has 4 atom stereocenters. The number of thioether (sulfide) groups is 1. The van der Waals surface area contributed by atoms with E-state index >= 15 is 0 Å². The Kier molecular flexibility index (Phi) is 13.6. The van der Waals surface area contributed by atoms with E-state index in [-0.39, 0.29) is 19.3 Å². The summed E-state index contributed by atoms with van der Waals surface area (Å²) in [6, 6.07) is -5.44. The highest BCUT2D eigenvalue weighted by Gasteiger charge is 2.30. The molecule has 32 heavy (non-hydrogen) atoms. The van der Waals surface area contributed by atoms with Crippen molar-refractivity contribution in [2.24, 2.45) is 17.2 Å². The number of aliphatic hydroxyl groups is 1. The number of nitrogens with two attached hydrogens (primary N) is 3. The summed E-state index contributed by atoms with van der Waals surface area (Å²) >= 11 is 1.38. The van der Waals surface area contributed by atoms with Crippen LogP contribution >= 0.6 is 11.8 Å². The summed E-state index contributed by atoms with van der Waals surface area (Å²) in [5.41, 5.74) is 15.5. The van der Waals surface area contributed by atoms with Crippen molar-refractivity contribution in [3.63, 3.8) is 0 Å². The first-order valence-corrected chi connectivity index (χ1v) is 10.9. The van der Waals surface area contributed by atoms with Gasteiger partial charge in [0.15, 0.2) is 0 Å². The summed E-state index contributed by atoms with van der Waals surface area (Å²) in [4.78, 5) is 70.1. The first-order chi connectivity index (χ1) is 14.9. The SMILES string of the molecule is CSCCC(NC(=O)C(N)CC(N)=O)C(=O)NC(CO)C(=O)NC(CCC(N)=O)C(=O)O. The molecule has 11 N–H and O–H groups in total. The molecule has 0 saturated carbocycles. The van der Waals surface area contributed by atoms with Gasteiger partial charge in [-0.2, -0.15) is 11.8 Å². The number of hydrogen-bond acceptors (Lipinski definition) is 9. The van der Waals surface area contributed by atoms with E-state index in [1.807, 2.05) is 0 Å². The lowest BCUT2D eigenvalue weighted by Crippen LogP contribution is -2.58. The third-order valence-corrected chi connectivity index (χ3v) is 4.75. The molecule has 5 amide bonds. The van der Waals surface area contributed by atoms with Crippen LogP contribution in [0, 0.1) is 0 Å². The molecule has 0 radical (unpaired) electrons. The summed E-state index contributed by atoms with van der Waals surface area (Å²) in [5, 5.41) is 25.3. The van der Waals surface area contributed by atoms with Crippen LogP contribution in [-0.2, 0) is 28.8 Å². The van der Waals surface area contributed by atoms with Gasteiger partial charge in [0.05, 0.1) is 19.1 Å². The second-order valence-electron chi connectivity index (χ2n) is 6.77. The van der Waals surface area contributed by atoms with Crippen LogP contribution in [0.15, 0.2) is 0 Å². The Balaban J connectivity index is 5.20. The molecule has 15 heteroatoms. The van der Waals surface area contributed by atoms with Gasteiger partial charge in [-0.15, -0.1) is 0 Å². The number of hydrogen-bond donors (Lipinski definition) is 8. The zero-order valence-corrected chi connectivity index (χ0v) is 18.4. The van der Waals surface area contributed by atoms with Gasteiger partial charge in [-0.3, -0.25) is 24.0 Å². The summed E-state index contributed by atoms with van der Waals surface area (Å²) < 4.78 is 0. The van der Waals surface area contributed by atoms with E-state index in [9.17, 15) is 33.9 Å². The molecular weight excluding hydrogens is 448 g/mol. The average molecular weight is 479 g/mol. The van der Waals surface area contributed by atoms with E-state index in [1.165, 1.54) is 11.8 Å². The van der Waals surface area contributed by atoms with Crippen molar-refractivity contribution in [3.8, 4) is 0 Å². The molecule has 0 aliphatic rings. The van der Waals surface area contributed by atoms with Gasteiger partial charge in [0.25, 0.3) is 0 Å². The number of carbonyl (C=O) groups is 6. The largest absolute Gasteiger partial charge is 0.480 e. The molecule has 0 saturated heterocycles. The molecule has 4 unspecified atom stereocenters. The minimum absolute atomic E-state index is 0.137. The first kappa shape index (κ1) is 29.1. The second-order valence-corrected chi connectivity index (χ2v) is 7.75. The predicted molar refractivity (Wildman–Crippen MR) is 114 cm³/mol. The fourth-order valence-electron chi connectivity index (χ4n) is 2.38. The first-order valence-electron chi connectivity index (χ1n) is 9.48. The third-order valence-electron chi connectivity index (χ3n) is 4.11. The van der Waals surface area contributed by atoms with Gasteiger partial charge in [-0.1, -0.05) is 0 Å². The highest BCUT2D eigenvalue weighted by atomic mass is 32.2. The van der Waals surface area contributed by atoms with Gasteiger partial charge in [0, 0.05) is 6.42 Å². The van der Waals surface area contributed by atoms with E-state index in [0.29, 0.717) is 5.75 Å². The lowest BCUT2D eigenvalue weighted by atomic mass is 10.1. The molecule has 0 aliphatic heterocycles. The van der Waals surface area contributed by atoms with Gasteiger partial charge in [-0.25, -0.2) is 4.79 Å². The number of primary amides is 2. The molecule has 0 aliphatic carbocycles. The Hall–Kier alpha value is -2.91. The van der Waals surface area contributed by atoms with Gasteiger partial charge >= 0.3 is 5.97 Å². The van der Waals surface area contributed by atoms with Crippen molar-refractivity contribution in [3.05, 3.63) is 0 Å². The molecule has 0 rings (SSSR count). The standard InChI is InChI=1S/C17H30N6O8S/c1-32-5-4-9(21-14(27)8(18)6-13(20)26)15(28)23-11(7-24)16(29)22-10(17(30)31)2-3-12(19)25/h8-11,24H,2-7,18H2,1H3,(H2,19,25)(H2,20,26)(H,21,27)(H,22,29)(H,23,28)(H,30,31). The van der Waals surface area contributed by atoms with Gasteiger partial charge in [0.2, 0.25) is 29.5 Å². The van der Waals surface area contributed by atoms with Crippen molar-refractivity contribution >= 4 is 47.3 Å². The Morgan fingerprint density at radius 2 is 1.38 bits per heavy atom. The Bertz CT molecular complexity index is 707. The maximum absolute atomic E-state index is 12.6. The van der Waals surface area contributed by atoms with Crippen LogP contribution in [0.3, 0.4) is 0 Å². The highest BCUT2D eigenvalue weighted by molar-refractivity contribution is 7.98. The zero-order chi connectivity index (χ0) is 24.8. The molecular formula is C17H30N6O8S. The number of nitrogens with one attached hydrogen (secondary N) is 3. The predicted octanol–water partition coefficient (Wildman–Crippen LogP) is -4.26. The quantitative estimate of drug-likeness (QED) is 0.106. The Morgan fingerprint density at radius 3 is 1.84 bits per heavy atom. The van der Waals surface area contributed by atoms with E-state index in [0.717, 1.165) is 0 Å². The second kappa shape index (κ2) is 15.0. The molecule has 14 nitrogen and oxygen atoms in total. The third kappa shape index (κ3) is 11.5. The van der Waals surface area contributed by atoms with Crippen LogP contribution in [0.1, 0.15) is 25.7 Å². The number of carbonyl (C=O) groups excluding carboxylic acids is 5. The molecule has 182 valence electrons. The van der Waals surface area contributed by atoms with E-state index in [4.69, 9.17) is 22.3 Å². The van der Waals surface area contributed by atoms with Crippen molar-refractivity contribution in [1.82, 2.24) is 16.0 Å². The number of carboxylic acid groups (broad SMARTS) is 1. The minimum Gasteiger partial charge on any atom is -0.480 e. The maximum atomic E-state index is 12.6. The van der Waals surface area contributed by atoms with Gasteiger partial charge in [-0.05, 0) is 24.9 Å². The minimum atomic E-state index is -1.54. The Labute approximate surface area is 188 Å². The van der Waals surface area contributed by atoms with Crippen LogP contribution in [0.2, 0.25) is 0 Å². The number of aliphatic carboxylic acids is 1. The molecule has 0 aromatic rings. The van der Waals surface area contributed by atoms with E-state index < -0.39 is 72.7 Å². The number of amides is 5. The summed E-state index contributed by atoms with van der Waals surface area (Å²) in [6.45, 7) is -0.871. The van der Waals surface area contributed by atoms with Crippen LogP contribution in [0.25, 0.3) is 0 Å². The summed E-state index contributed by atoms with van der Waals surface area (Å²) in [7, 11) is 0. The summed E-state index contributed by atoms with van der Waals surface area (Å²) in [6.07, 6.45) is 0.872. The van der Waals surface area contributed by atoms with E-state index in [2.05, 4.69) is 16.0 Å². The van der Waals surface area contributed by atoms with Gasteiger partial charge in [0.1, 0.15) is 18.1 Å². The normalized spacial score (nSPS) is 14.3. The highest BCUT2D eigenvalue weighted by Crippen LogP contribution is 2.04. The summed E-state index contributed by atoms with van der Waals surface area (Å²) in [5.74, 6) is -5.23. The average Bonchev–Trinajstić information content (AvgIpc) is 2.70. The van der Waals surface area contributed by atoms with Crippen molar-refractivity contribution < 1.29 is 39.0 Å². The lowest BCUT2D eigenvalue weighted by molar-refractivity contribution is -0.143. The molecule has 0 aromatic heterocycles.